The van der Waals surface area contributed by atoms with E-state index in [0.717, 1.165) is 30.4 Å². The summed E-state index contributed by atoms with van der Waals surface area (Å²) in [6.45, 7) is 3.81. The number of rotatable bonds is 6. The number of nitrogens with one attached hydrogen (secondary N) is 2. The summed E-state index contributed by atoms with van der Waals surface area (Å²) in [4.78, 5) is 12.2. The molecular formula is C12H17N3O3S2. The highest BCUT2D eigenvalue weighted by molar-refractivity contribution is 7.91. The number of nitrogen functional groups attached to an aromatic ring is 1. The Hall–Kier alpha value is -1.54. The highest BCUT2D eigenvalue weighted by atomic mass is 32.2. The van der Waals surface area contributed by atoms with Gasteiger partial charge in [0.1, 0.15) is 14.8 Å². The van der Waals surface area contributed by atoms with Gasteiger partial charge in [-0.2, -0.15) is 0 Å². The van der Waals surface area contributed by atoms with Crippen LogP contribution in [0.15, 0.2) is 17.6 Å². The zero-order chi connectivity index (χ0) is 14.9. The molecule has 1 fully saturated rings. The fourth-order valence-corrected chi connectivity index (χ4v) is 4.27. The molecule has 1 heterocycles. The van der Waals surface area contributed by atoms with Crippen molar-refractivity contribution in [2.45, 2.75) is 23.8 Å². The summed E-state index contributed by atoms with van der Waals surface area (Å²) in [7, 11) is -3.49. The maximum atomic E-state index is 12.0. The van der Waals surface area contributed by atoms with E-state index in [9.17, 15) is 13.2 Å². The van der Waals surface area contributed by atoms with Crippen molar-refractivity contribution in [1.29, 1.82) is 0 Å². The molecule has 1 aliphatic rings. The van der Waals surface area contributed by atoms with Gasteiger partial charge in [0.25, 0.3) is 5.91 Å². The van der Waals surface area contributed by atoms with E-state index in [1.807, 2.05) is 0 Å². The van der Waals surface area contributed by atoms with E-state index in [1.165, 1.54) is 0 Å². The summed E-state index contributed by atoms with van der Waals surface area (Å²) in [5, 5.41) is 6.18. The van der Waals surface area contributed by atoms with Crippen molar-refractivity contribution in [3.05, 3.63) is 17.5 Å². The first-order valence-electron chi connectivity index (χ1n) is 6.12. The van der Waals surface area contributed by atoms with Crippen LogP contribution in [0.1, 0.15) is 22.5 Å². The van der Waals surface area contributed by atoms with E-state index in [2.05, 4.69) is 17.2 Å². The number of amides is 1. The van der Waals surface area contributed by atoms with E-state index < -0.39 is 9.84 Å². The normalized spacial score (nSPS) is 14.8. The Morgan fingerprint density at radius 3 is 2.70 bits per heavy atom. The predicted molar refractivity (Wildman–Crippen MR) is 81.0 cm³/mol. The quantitative estimate of drug-likeness (QED) is 0.685. The summed E-state index contributed by atoms with van der Waals surface area (Å²) in [5.74, 6) is -0.388. The average molecular weight is 315 g/mol. The van der Waals surface area contributed by atoms with Crippen molar-refractivity contribution < 1.29 is 13.2 Å². The second-order valence-electron chi connectivity index (χ2n) is 4.69. The first-order chi connectivity index (χ1) is 9.34. The second kappa shape index (κ2) is 5.45. The molecule has 6 nitrogen and oxygen atoms in total. The van der Waals surface area contributed by atoms with E-state index in [-0.39, 0.29) is 27.4 Å². The summed E-state index contributed by atoms with van der Waals surface area (Å²) in [5.41, 5.74) is 5.88. The monoisotopic (exact) mass is 315 g/mol. The molecule has 2 rings (SSSR count). The number of hydrogen-bond donors (Lipinski definition) is 3. The van der Waals surface area contributed by atoms with Gasteiger partial charge in [0.2, 0.25) is 0 Å². The van der Waals surface area contributed by atoms with Gasteiger partial charge in [-0.3, -0.25) is 4.79 Å². The van der Waals surface area contributed by atoms with Gasteiger partial charge in [0.15, 0.2) is 9.84 Å². The molecule has 1 saturated carbocycles. The standard InChI is InChI=1S/C12H17N3O3S2/c1-3-6-14-11(16)9-8(13)10(20(2,17)18)12(19-9)15-7-4-5-7/h3,7,15H,1,4-6,13H2,2H3,(H,14,16). The van der Waals surface area contributed by atoms with E-state index >= 15 is 0 Å². The van der Waals surface area contributed by atoms with Crippen LogP contribution in [0.5, 0.6) is 0 Å². The minimum Gasteiger partial charge on any atom is -0.396 e. The molecule has 110 valence electrons. The third kappa shape index (κ3) is 3.13. The van der Waals surface area contributed by atoms with Crippen LogP contribution < -0.4 is 16.4 Å². The maximum absolute atomic E-state index is 12.0. The van der Waals surface area contributed by atoms with Gasteiger partial charge in [-0.05, 0) is 12.8 Å². The molecule has 1 aliphatic carbocycles. The molecule has 0 atom stereocenters. The third-order valence-electron chi connectivity index (χ3n) is 2.80. The Morgan fingerprint density at radius 2 is 2.20 bits per heavy atom. The zero-order valence-electron chi connectivity index (χ0n) is 11.1. The Morgan fingerprint density at radius 1 is 1.55 bits per heavy atom. The molecule has 4 N–H and O–H groups in total. The number of sulfone groups is 1. The summed E-state index contributed by atoms with van der Waals surface area (Å²) in [6.07, 6.45) is 4.63. The summed E-state index contributed by atoms with van der Waals surface area (Å²) in [6, 6.07) is 0.276. The molecule has 0 spiro atoms. The van der Waals surface area contributed by atoms with Crippen molar-refractivity contribution in [2.24, 2.45) is 0 Å². The number of thiophene rings is 1. The number of carbonyl (C=O) groups is 1. The van der Waals surface area contributed by atoms with Gasteiger partial charge in [-0.25, -0.2) is 8.42 Å². The zero-order valence-corrected chi connectivity index (χ0v) is 12.7. The maximum Gasteiger partial charge on any atom is 0.263 e. The number of nitrogens with two attached hydrogens (primary N) is 1. The molecule has 8 heteroatoms. The molecule has 0 radical (unpaired) electrons. The molecule has 0 unspecified atom stereocenters. The van der Waals surface area contributed by atoms with E-state index in [4.69, 9.17) is 5.73 Å². The first-order valence-corrected chi connectivity index (χ1v) is 8.83. The van der Waals surface area contributed by atoms with Gasteiger partial charge >= 0.3 is 0 Å². The Kier molecular flexibility index (Phi) is 4.05. The van der Waals surface area contributed by atoms with Crippen LogP contribution in [0.3, 0.4) is 0 Å². The molecule has 20 heavy (non-hydrogen) atoms. The lowest BCUT2D eigenvalue weighted by atomic mass is 10.3. The van der Waals surface area contributed by atoms with E-state index in [1.54, 1.807) is 6.08 Å². The van der Waals surface area contributed by atoms with Gasteiger partial charge in [0.05, 0.1) is 5.69 Å². The molecule has 0 saturated heterocycles. The van der Waals surface area contributed by atoms with Gasteiger partial charge < -0.3 is 16.4 Å². The number of carbonyl (C=O) groups excluding carboxylic acids is 1. The van der Waals surface area contributed by atoms with Crippen molar-refractivity contribution in [3.8, 4) is 0 Å². The van der Waals surface area contributed by atoms with Crippen molar-refractivity contribution in [1.82, 2.24) is 5.32 Å². The molecule has 0 aliphatic heterocycles. The van der Waals surface area contributed by atoms with Crippen LogP contribution in [0, 0.1) is 0 Å². The average Bonchev–Trinajstić information content (AvgIpc) is 3.08. The first kappa shape index (κ1) is 14.9. The molecule has 1 aromatic rings. The number of hydrogen-bond acceptors (Lipinski definition) is 6. The fourth-order valence-electron chi connectivity index (χ4n) is 1.72. The van der Waals surface area contributed by atoms with Gasteiger partial charge in [0, 0.05) is 18.8 Å². The summed E-state index contributed by atoms with van der Waals surface area (Å²) < 4.78 is 23.7. The van der Waals surface area contributed by atoms with Crippen molar-refractivity contribution in [2.75, 3.05) is 23.9 Å². The van der Waals surface area contributed by atoms with Crippen molar-refractivity contribution >= 4 is 37.8 Å². The smallest absolute Gasteiger partial charge is 0.263 e. The minimum atomic E-state index is -3.49. The molecule has 1 amide bonds. The highest BCUT2D eigenvalue weighted by Gasteiger charge is 2.30. The largest absolute Gasteiger partial charge is 0.396 e. The van der Waals surface area contributed by atoms with Gasteiger partial charge in [-0.15, -0.1) is 17.9 Å². The second-order valence-corrected chi connectivity index (χ2v) is 7.67. The fraction of sp³-hybridized carbons (Fsp3) is 0.417. The van der Waals surface area contributed by atoms with Crippen LogP contribution in [0.25, 0.3) is 0 Å². The third-order valence-corrected chi connectivity index (χ3v) is 5.23. The molecule has 1 aromatic heterocycles. The SMILES string of the molecule is C=CCNC(=O)c1sc(NC2CC2)c(S(C)(=O)=O)c1N. The predicted octanol–water partition coefficient (Wildman–Crippen LogP) is 1.22. The Bertz CT molecular complexity index is 645. The Labute approximate surface area is 122 Å². The minimum absolute atomic E-state index is 0.0159. The summed E-state index contributed by atoms with van der Waals surface area (Å²) >= 11 is 1.08. The lowest BCUT2D eigenvalue weighted by Gasteiger charge is -2.04. The lowest BCUT2D eigenvalue weighted by Crippen LogP contribution is -2.23. The Balaban J connectivity index is 2.40. The van der Waals surface area contributed by atoms with Crippen LogP contribution in [-0.4, -0.2) is 33.2 Å². The number of anilines is 2. The van der Waals surface area contributed by atoms with Crippen LogP contribution in [-0.2, 0) is 9.84 Å². The lowest BCUT2D eigenvalue weighted by molar-refractivity contribution is 0.0963. The van der Waals surface area contributed by atoms with Crippen molar-refractivity contribution in [3.63, 3.8) is 0 Å². The topological polar surface area (TPSA) is 101 Å². The molecule has 0 bridgehead atoms. The van der Waals surface area contributed by atoms with E-state index in [0.29, 0.717) is 11.5 Å². The van der Waals surface area contributed by atoms with Crippen LogP contribution in [0.4, 0.5) is 10.7 Å². The molecular weight excluding hydrogens is 298 g/mol. The van der Waals surface area contributed by atoms with Crippen LogP contribution in [0.2, 0.25) is 0 Å². The highest BCUT2D eigenvalue weighted by Crippen LogP contribution is 2.41. The van der Waals surface area contributed by atoms with Gasteiger partial charge in [-0.1, -0.05) is 6.08 Å². The molecule has 0 aromatic carbocycles. The van der Waals surface area contributed by atoms with Crippen LogP contribution >= 0.6 is 11.3 Å².